The highest BCUT2D eigenvalue weighted by molar-refractivity contribution is 7.91. The lowest BCUT2D eigenvalue weighted by Gasteiger charge is -2.12. The molecular formula is C9H15NO4S2. The summed E-state index contributed by atoms with van der Waals surface area (Å²) in [4.78, 5) is 0.977. The molecule has 0 aliphatic rings. The van der Waals surface area contributed by atoms with Crippen molar-refractivity contribution in [3.05, 3.63) is 17.0 Å². The minimum absolute atomic E-state index is 0.205. The molecule has 0 fully saturated rings. The number of thiophene rings is 1. The SMILES string of the molecule is CCc1ccc(S(=O)(=O)NC(CO)CO)s1. The van der Waals surface area contributed by atoms with Gasteiger partial charge in [0.25, 0.3) is 0 Å². The van der Waals surface area contributed by atoms with Gasteiger partial charge in [0.1, 0.15) is 4.21 Å². The molecule has 0 unspecified atom stereocenters. The Labute approximate surface area is 98.8 Å². The molecule has 0 saturated heterocycles. The number of sulfonamides is 1. The number of hydrogen-bond acceptors (Lipinski definition) is 5. The molecule has 1 aromatic heterocycles. The Balaban J connectivity index is 2.85. The van der Waals surface area contributed by atoms with Crippen molar-refractivity contribution < 1.29 is 18.6 Å². The highest BCUT2D eigenvalue weighted by Gasteiger charge is 2.20. The van der Waals surface area contributed by atoms with Gasteiger partial charge in [0.05, 0.1) is 19.3 Å². The molecule has 0 aromatic carbocycles. The fourth-order valence-electron chi connectivity index (χ4n) is 1.10. The number of aliphatic hydroxyl groups excluding tert-OH is 2. The van der Waals surface area contributed by atoms with E-state index in [1.165, 1.54) is 17.4 Å². The maximum Gasteiger partial charge on any atom is 0.250 e. The van der Waals surface area contributed by atoms with Crippen LogP contribution in [0.4, 0.5) is 0 Å². The highest BCUT2D eigenvalue weighted by Crippen LogP contribution is 2.21. The summed E-state index contributed by atoms with van der Waals surface area (Å²) in [6.07, 6.45) is 0.781. The number of rotatable bonds is 6. The van der Waals surface area contributed by atoms with Crippen LogP contribution in [0.2, 0.25) is 0 Å². The Bertz CT molecular complexity index is 422. The standard InChI is InChI=1S/C9H15NO4S2/c1-2-8-3-4-9(15-8)16(13,14)10-7(5-11)6-12/h3-4,7,10-12H,2,5-6H2,1H3. The highest BCUT2D eigenvalue weighted by atomic mass is 32.2. The van der Waals surface area contributed by atoms with Gasteiger partial charge in [-0.05, 0) is 18.6 Å². The molecule has 0 aliphatic carbocycles. The first-order valence-electron chi connectivity index (χ1n) is 4.86. The van der Waals surface area contributed by atoms with E-state index in [-0.39, 0.29) is 4.21 Å². The van der Waals surface area contributed by atoms with Crippen molar-refractivity contribution in [2.45, 2.75) is 23.6 Å². The maximum absolute atomic E-state index is 11.8. The fourth-order valence-corrected chi connectivity index (χ4v) is 3.63. The van der Waals surface area contributed by atoms with Gasteiger partial charge in [-0.15, -0.1) is 11.3 Å². The molecule has 92 valence electrons. The van der Waals surface area contributed by atoms with E-state index < -0.39 is 29.3 Å². The van der Waals surface area contributed by atoms with Gasteiger partial charge in [0, 0.05) is 4.88 Å². The first kappa shape index (κ1) is 13.6. The van der Waals surface area contributed by atoms with Crippen LogP contribution in [-0.4, -0.2) is 37.9 Å². The Morgan fingerprint density at radius 2 is 2.00 bits per heavy atom. The molecule has 0 atom stereocenters. The third-order valence-electron chi connectivity index (χ3n) is 2.01. The van der Waals surface area contributed by atoms with E-state index in [4.69, 9.17) is 10.2 Å². The van der Waals surface area contributed by atoms with Crippen molar-refractivity contribution >= 4 is 21.4 Å². The zero-order chi connectivity index (χ0) is 12.2. The summed E-state index contributed by atoms with van der Waals surface area (Å²) in [7, 11) is -3.62. The summed E-state index contributed by atoms with van der Waals surface area (Å²) in [6, 6.07) is 2.43. The monoisotopic (exact) mass is 265 g/mol. The molecule has 0 amide bonds. The molecule has 1 aromatic rings. The van der Waals surface area contributed by atoms with E-state index in [9.17, 15) is 8.42 Å². The molecule has 1 rings (SSSR count). The lowest BCUT2D eigenvalue weighted by atomic mass is 10.4. The summed E-state index contributed by atoms with van der Waals surface area (Å²) in [5.41, 5.74) is 0. The van der Waals surface area contributed by atoms with Crippen LogP contribution in [0.1, 0.15) is 11.8 Å². The van der Waals surface area contributed by atoms with Crippen LogP contribution in [0.25, 0.3) is 0 Å². The maximum atomic E-state index is 11.8. The second-order valence-electron chi connectivity index (χ2n) is 3.26. The summed E-state index contributed by atoms with van der Waals surface area (Å²) in [6.45, 7) is 1.09. The minimum atomic E-state index is -3.62. The van der Waals surface area contributed by atoms with Crippen LogP contribution in [0.15, 0.2) is 16.3 Å². The van der Waals surface area contributed by atoms with Crippen LogP contribution in [0.5, 0.6) is 0 Å². The van der Waals surface area contributed by atoms with Crippen LogP contribution in [-0.2, 0) is 16.4 Å². The van der Waals surface area contributed by atoms with Crippen molar-refractivity contribution in [3.8, 4) is 0 Å². The number of nitrogens with one attached hydrogen (secondary N) is 1. The van der Waals surface area contributed by atoms with Crippen LogP contribution in [0.3, 0.4) is 0 Å². The van der Waals surface area contributed by atoms with Gasteiger partial charge >= 0.3 is 0 Å². The van der Waals surface area contributed by atoms with Gasteiger partial charge in [-0.2, -0.15) is 0 Å². The van der Waals surface area contributed by atoms with Gasteiger partial charge in [-0.1, -0.05) is 6.92 Å². The molecule has 0 bridgehead atoms. The van der Waals surface area contributed by atoms with E-state index in [0.717, 1.165) is 11.3 Å². The second-order valence-corrected chi connectivity index (χ2v) is 6.37. The predicted molar refractivity (Wildman–Crippen MR) is 62.0 cm³/mol. The number of hydrogen-bond donors (Lipinski definition) is 3. The first-order chi connectivity index (χ1) is 7.53. The Hall–Kier alpha value is -0.470. The lowest BCUT2D eigenvalue weighted by Crippen LogP contribution is -2.39. The van der Waals surface area contributed by atoms with Gasteiger partial charge in [-0.3, -0.25) is 0 Å². The largest absolute Gasteiger partial charge is 0.395 e. The zero-order valence-corrected chi connectivity index (χ0v) is 10.5. The molecule has 1 heterocycles. The van der Waals surface area contributed by atoms with E-state index in [2.05, 4.69) is 4.72 Å². The third kappa shape index (κ3) is 3.26. The molecular weight excluding hydrogens is 250 g/mol. The van der Waals surface area contributed by atoms with E-state index in [1.807, 2.05) is 6.92 Å². The van der Waals surface area contributed by atoms with Crippen LogP contribution >= 0.6 is 11.3 Å². The number of aliphatic hydroxyl groups is 2. The quantitative estimate of drug-likeness (QED) is 0.672. The normalized spacial score (nSPS) is 12.2. The third-order valence-corrected chi connectivity index (χ3v) is 5.25. The zero-order valence-electron chi connectivity index (χ0n) is 8.88. The Morgan fingerprint density at radius 1 is 1.38 bits per heavy atom. The van der Waals surface area contributed by atoms with E-state index in [1.54, 1.807) is 6.07 Å². The molecule has 0 spiro atoms. The molecule has 0 aliphatic heterocycles. The number of aryl methyl sites for hydroxylation is 1. The molecule has 0 radical (unpaired) electrons. The molecule has 7 heteroatoms. The predicted octanol–water partition coefficient (Wildman–Crippen LogP) is -0.0580. The summed E-state index contributed by atoms with van der Waals surface area (Å²) < 4.78 is 26.0. The van der Waals surface area contributed by atoms with Crippen LogP contribution < -0.4 is 4.72 Å². The minimum Gasteiger partial charge on any atom is -0.395 e. The Kier molecular flexibility index (Phi) is 4.88. The van der Waals surface area contributed by atoms with Crippen molar-refractivity contribution in [1.82, 2.24) is 4.72 Å². The van der Waals surface area contributed by atoms with Gasteiger partial charge in [0.15, 0.2) is 0 Å². The van der Waals surface area contributed by atoms with E-state index >= 15 is 0 Å². The van der Waals surface area contributed by atoms with Crippen molar-refractivity contribution in [2.24, 2.45) is 0 Å². The van der Waals surface area contributed by atoms with Crippen molar-refractivity contribution in [2.75, 3.05) is 13.2 Å². The van der Waals surface area contributed by atoms with Crippen molar-refractivity contribution in [1.29, 1.82) is 0 Å². The van der Waals surface area contributed by atoms with Crippen LogP contribution in [0, 0.1) is 0 Å². The molecule has 5 nitrogen and oxygen atoms in total. The Morgan fingerprint density at radius 3 is 2.44 bits per heavy atom. The summed E-state index contributed by atoms with van der Waals surface area (Å²) >= 11 is 1.19. The average molecular weight is 265 g/mol. The first-order valence-corrected chi connectivity index (χ1v) is 7.16. The van der Waals surface area contributed by atoms with Gasteiger partial charge in [-0.25, -0.2) is 13.1 Å². The van der Waals surface area contributed by atoms with E-state index in [0.29, 0.717) is 0 Å². The second kappa shape index (κ2) is 5.74. The lowest BCUT2D eigenvalue weighted by molar-refractivity contribution is 0.185. The van der Waals surface area contributed by atoms with Crippen molar-refractivity contribution in [3.63, 3.8) is 0 Å². The summed E-state index contributed by atoms with van der Waals surface area (Å²) in [5, 5.41) is 17.6. The topological polar surface area (TPSA) is 86.6 Å². The van der Waals surface area contributed by atoms with Gasteiger partial charge in [0.2, 0.25) is 10.0 Å². The molecule has 3 N–H and O–H groups in total. The average Bonchev–Trinajstić information content (AvgIpc) is 2.75. The fraction of sp³-hybridized carbons (Fsp3) is 0.556. The molecule has 16 heavy (non-hydrogen) atoms. The smallest absolute Gasteiger partial charge is 0.250 e. The van der Waals surface area contributed by atoms with Gasteiger partial charge < -0.3 is 10.2 Å². The molecule has 0 saturated carbocycles. The summed E-state index contributed by atoms with van der Waals surface area (Å²) in [5.74, 6) is 0.